The summed E-state index contributed by atoms with van der Waals surface area (Å²) in [5.41, 5.74) is 4.51. The number of aromatic amines is 1. The van der Waals surface area contributed by atoms with Gasteiger partial charge in [-0.15, -0.1) is 0 Å². The van der Waals surface area contributed by atoms with E-state index in [2.05, 4.69) is 26.3 Å². The molecule has 0 radical (unpaired) electrons. The molecule has 4 aromatic rings. The number of carbonyl (C=O) groups excluding carboxylic acids is 1. The van der Waals surface area contributed by atoms with Crippen LogP contribution < -0.4 is 5.32 Å². The summed E-state index contributed by atoms with van der Waals surface area (Å²) in [5.74, 6) is 0.809. The molecule has 0 spiro atoms. The molecule has 0 fully saturated rings. The Morgan fingerprint density at radius 2 is 1.92 bits per heavy atom. The summed E-state index contributed by atoms with van der Waals surface area (Å²) in [5, 5.41) is 2.92. The number of H-pyrrole nitrogens is 1. The first-order valence-electron chi connectivity index (χ1n) is 8.52. The first kappa shape index (κ1) is 16.0. The summed E-state index contributed by atoms with van der Waals surface area (Å²) in [6.07, 6.45) is 4.86. The van der Waals surface area contributed by atoms with E-state index in [-0.39, 0.29) is 5.91 Å². The lowest BCUT2D eigenvalue weighted by atomic mass is 10.1. The predicted octanol–water partition coefficient (Wildman–Crippen LogP) is 4.00. The van der Waals surface area contributed by atoms with Crippen LogP contribution in [0.15, 0.2) is 73.1 Å². The number of nitrogens with one attached hydrogen (secondary N) is 2. The van der Waals surface area contributed by atoms with Crippen LogP contribution in [0.5, 0.6) is 0 Å². The molecular weight excluding hydrogens is 324 g/mol. The number of para-hydroxylation sites is 2. The van der Waals surface area contributed by atoms with Crippen molar-refractivity contribution in [1.82, 2.24) is 15.0 Å². The van der Waals surface area contributed by atoms with Crippen LogP contribution in [0.25, 0.3) is 11.0 Å². The highest BCUT2D eigenvalue weighted by molar-refractivity contribution is 6.04. The number of imidazole rings is 1. The number of fused-ring (bicyclic) bond motifs is 1. The van der Waals surface area contributed by atoms with Crippen molar-refractivity contribution in [2.75, 3.05) is 5.32 Å². The first-order chi connectivity index (χ1) is 12.8. The van der Waals surface area contributed by atoms with Crippen molar-refractivity contribution in [3.63, 3.8) is 0 Å². The standard InChI is InChI=1S/C21H18N4O/c26-21(16-6-4-12-22-14-16)23-17-7-3-5-15(13-17)10-11-20-24-18-8-1-2-9-19(18)25-20/h1-9,12-14H,10-11H2,(H,23,26)(H,24,25). The monoisotopic (exact) mass is 342 g/mol. The SMILES string of the molecule is O=C(Nc1cccc(CCc2nc3ccccc3[nH]2)c1)c1cccnc1. The largest absolute Gasteiger partial charge is 0.342 e. The van der Waals surface area contributed by atoms with E-state index in [4.69, 9.17) is 0 Å². The highest BCUT2D eigenvalue weighted by Crippen LogP contribution is 2.15. The van der Waals surface area contributed by atoms with Crippen molar-refractivity contribution in [3.8, 4) is 0 Å². The van der Waals surface area contributed by atoms with Crippen LogP contribution in [0, 0.1) is 0 Å². The second kappa shape index (κ2) is 7.19. The molecule has 0 aliphatic rings. The zero-order valence-corrected chi connectivity index (χ0v) is 14.1. The summed E-state index contributed by atoms with van der Waals surface area (Å²) < 4.78 is 0. The number of carbonyl (C=O) groups is 1. The van der Waals surface area contributed by atoms with Gasteiger partial charge in [-0.05, 0) is 48.4 Å². The Bertz CT molecular complexity index is 1010. The zero-order chi connectivity index (χ0) is 17.8. The van der Waals surface area contributed by atoms with Crippen LogP contribution in [-0.2, 0) is 12.8 Å². The summed E-state index contributed by atoms with van der Waals surface area (Å²) in [6, 6.07) is 19.4. The van der Waals surface area contributed by atoms with Crippen LogP contribution in [0.4, 0.5) is 5.69 Å². The van der Waals surface area contributed by atoms with E-state index in [1.54, 1.807) is 24.5 Å². The smallest absolute Gasteiger partial charge is 0.257 e. The van der Waals surface area contributed by atoms with E-state index in [9.17, 15) is 4.79 Å². The molecule has 2 N–H and O–H groups in total. The molecule has 2 aromatic carbocycles. The number of anilines is 1. The van der Waals surface area contributed by atoms with Gasteiger partial charge in [0.2, 0.25) is 0 Å². The third-order valence-corrected chi connectivity index (χ3v) is 4.20. The summed E-state index contributed by atoms with van der Waals surface area (Å²) >= 11 is 0. The van der Waals surface area contributed by atoms with E-state index in [0.29, 0.717) is 5.56 Å². The highest BCUT2D eigenvalue weighted by atomic mass is 16.1. The van der Waals surface area contributed by atoms with Gasteiger partial charge in [-0.1, -0.05) is 24.3 Å². The number of amides is 1. The topological polar surface area (TPSA) is 70.7 Å². The molecule has 0 aliphatic carbocycles. The van der Waals surface area contributed by atoms with Gasteiger partial charge in [0.05, 0.1) is 16.6 Å². The molecule has 0 unspecified atom stereocenters. The number of nitrogens with zero attached hydrogens (tertiary/aromatic N) is 2. The van der Waals surface area contributed by atoms with Crippen LogP contribution in [0.1, 0.15) is 21.7 Å². The van der Waals surface area contributed by atoms with Crippen molar-refractivity contribution in [1.29, 1.82) is 0 Å². The Morgan fingerprint density at radius 1 is 1.00 bits per heavy atom. The fourth-order valence-electron chi connectivity index (χ4n) is 2.89. The normalized spacial score (nSPS) is 10.8. The molecule has 0 saturated carbocycles. The summed E-state index contributed by atoms with van der Waals surface area (Å²) in [4.78, 5) is 24.2. The van der Waals surface area contributed by atoms with Gasteiger partial charge >= 0.3 is 0 Å². The first-order valence-corrected chi connectivity index (χ1v) is 8.52. The molecule has 0 aliphatic heterocycles. The molecular formula is C21H18N4O. The van der Waals surface area contributed by atoms with E-state index < -0.39 is 0 Å². The van der Waals surface area contributed by atoms with Crippen molar-refractivity contribution < 1.29 is 4.79 Å². The van der Waals surface area contributed by atoms with Gasteiger partial charge in [0.1, 0.15) is 5.82 Å². The van der Waals surface area contributed by atoms with E-state index in [1.165, 1.54) is 0 Å². The Balaban J connectivity index is 1.43. The number of hydrogen-bond acceptors (Lipinski definition) is 3. The van der Waals surface area contributed by atoms with Gasteiger partial charge in [-0.3, -0.25) is 9.78 Å². The predicted molar refractivity (Wildman–Crippen MR) is 102 cm³/mol. The van der Waals surface area contributed by atoms with E-state index in [1.807, 2.05) is 42.5 Å². The number of benzene rings is 2. The Morgan fingerprint density at radius 3 is 2.77 bits per heavy atom. The van der Waals surface area contributed by atoms with E-state index in [0.717, 1.165) is 41.0 Å². The van der Waals surface area contributed by atoms with Gasteiger partial charge < -0.3 is 10.3 Å². The molecule has 128 valence electrons. The van der Waals surface area contributed by atoms with Crippen molar-refractivity contribution in [3.05, 3.63) is 90.0 Å². The van der Waals surface area contributed by atoms with Gasteiger partial charge in [-0.2, -0.15) is 0 Å². The average Bonchev–Trinajstić information content (AvgIpc) is 3.10. The van der Waals surface area contributed by atoms with Crippen molar-refractivity contribution >= 4 is 22.6 Å². The molecule has 2 heterocycles. The van der Waals surface area contributed by atoms with Crippen molar-refractivity contribution in [2.24, 2.45) is 0 Å². The number of rotatable bonds is 5. The van der Waals surface area contributed by atoms with Gasteiger partial charge in [-0.25, -0.2) is 4.98 Å². The lowest BCUT2D eigenvalue weighted by Gasteiger charge is -2.07. The second-order valence-corrected chi connectivity index (χ2v) is 6.10. The van der Waals surface area contributed by atoms with Crippen LogP contribution in [0.2, 0.25) is 0 Å². The minimum absolute atomic E-state index is 0.160. The third-order valence-electron chi connectivity index (χ3n) is 4.20. The minimum atomic E-state index is -0.160. The van der Waals surface area contributed by atoms with Gasteiger partial charge in [0, 0.05) is 24.5 Å². The fourth-order valence-corrected chi connectivity index (χ4v) is 2.89. The highest BCUT2D eigenvalue weighted by Gasteiger charge is 2.07. The lowest BCUT2D eigenvalue weighted by Crippen LogP contribution is -2.12. The molecule has 0 bridgehead atoms. The molecule has 1 amide bonds. The van der Waals surface area contributed by atoms with Crippen LogP contribution in [0.3, 0.4) is 0 Å². The number of pyridine rings is 1. The molecule has 2 aromatic heterocycles. The maximum absolute atomic E-state index is 12.2. The Kier molecular flexibility index (Phi) is 4.43. The summed E-state index contributed by atoms with van der Waals surface area (Å²) in [7, 11) is 0. The van der Waals surface area contributed by atoms with Gasteiger partial charge in [0.15, 0.2) is 0 Å². The lowest BCUT2D eigenvalue weighted by molar-refractivity contribution is 0.102. The molecule has 5 heteroatoms. The third kappa shape index (κ3) is 3.62. The minimum Gasteiger partial charge on any atom is -0.342 e. The molecule has 0 atom stereocenters. The fraction of sp³-hybridized carbons (Fsp3) is 0.0952. The Labute approximate surface area is 151 Å². The van der Waals surface area contributed by atoms with Gasteiger partial charge in [0.25, 0.3) is 5.91 Å². The second-order valence-electron chi connectivity index (χ2n) is 6.10. The number of hydrogen-bond donors (Lipinski definition) is 2. The molecule has 5 nitrogen and oxygen atoms in total. The van der Waals surface area contributed by atoms with Crippen molar-refractivity contribution in [2.45, 2.75) is 12.8 Å². The number of aryl methyl sites for hydroxylation is 2. The Hall–Kier alpha value is -3.47. The molecule has 4 rings (SSSR count). The van der Waals surface area contributed by atoms with Crippen LogP contribution in [-0.4, -0.2) is 20.9 Å². The maximum Gasteiger partial charge on any atom is 0.257 e. The quantitative estimate of drug-likeness (QED) is 0.576. The van der Waals surface area contributed by atoms with E-state index >= 15 is 0 Å². The van der Waals surface area contributed by atoms with Crippen LogP contribution >= 0.6 is 0 Å². The average molecular weight is 342 g/mol. The summed E-state index contributed by atoms with van der Waals surface area (Å²) in [6.45, 7) is 0. The molecule has 26 heavy (non-hydrogen) atoms. The molecule has 0 saturated heterocycles. The zero-order valence-electron chi connectivity index (χ0n) is 14.1. The number of aromatic nitrogens is 3. The maximum atomic E-state index is 12.2.